The Morgan fingerprint density at radius 3 is 1.60 bits per heavy atom. The highest BCUT2D eigenvalue weighted by molar-refractivity contribution is 5.92. The predicted molar refractivity (Wildman–Crippen MR) is 37.6 cm³/mol. The first-order valence-electron chi connectivity index (χ1n) is 2.55. The molecule has 0 rings (SSSR count). The zero-order chi connectivity index (χ0) is 7.44. The second-order valence-electron chi connectivity index (χ2n) is 1.64. The van der Waals surface area contributed by atoms with Crippen LogP contribution in [0.1, 0.15) is 13.3 Å². The van der Waals surface area contributed by atoms with Crippen molar-refractivity contribution in [2.24, 2.45) is 5.92 Å². The van der Waals surface area contributed by atoms with Crippen molar-refractivity contribution in [3.8, 4) is 0 Å². The van der Waals surface area contributed by atoms with Crippen molar-refractivity contribution < 1.29 is 19.8 Å². The van der Waals surface area contributed by atoms with Crippen LogP contribution in [-0.2, 0) is 9.59 Å². The second kappa shape index (κ2) is 5.49. The maximum Gasteiger partial charge on any atom is 0.317 e. The van der Waals surface area contributed by atoms with Gasteiger partial charge in [-0.15, -0.1) is 0 Å². The number of hydrogen-bond acceptors (Lipinski definition) is 2. The van der Waals surface area contributed by atoms with Gasteiger partial charge in [0.2, 0.25) is 0 Å². The molecule has 0 unspecified atom stereocenters. The molecule has 0 aromatic heterocycles. The Labute approximate surface area is 74.4 Å². The third-order valence-corrected chi connectivity index (χ3v) is 1.00. The highest BCUT2D eigenvalue weighted by Gasteiger charge is 2.22. The molecule has 56 valence electrons. The van der Waals surface area contributed by atoms with Gasteiger partial charge in [0.1, 0.15) is 0 Å². The number of carboxylic acids is 2. The zero-order valence-electron chi connectivity index (χ0n) is 5.00. The van der Waals surface area contributed by atoms with Gasteiger partial charge in [-0.1, -0.05) is 6.92 Å². The maximum absolute atomic E-state index is 9.99. The summed E-state index contributed by atoms with van der Waals surface area (Å²) in [7, 11) is 0. The average molecular weight is 158 g/mol. The van der Waals surface area contributed by atoms with Crippen molar-refractivity contribution in [3.05, 3.63) is 0 Å². The minimum absolute atomic E-state index is 0. The number of hydrogen-bond donors (Lipinski definition) is 2. The van der Waals surface area contributed by atoms with Crippen LogP contribution in [0.15, 0.2) is 0 Å². The molecular formula is C5H10MgO4. The molecule has 5 heteroatoms. The molecule has 0 aliphatic carbocycles. The van der Waals surface area contributed by atoms with Crippen molar-refractivity contribution >= 4 is 35.0 Å². The molecule has 0 aromatic carbocycles. The fourth-order valence-electron chi connectivity index (χ4n) is 0.455. The van der Waals surface area contributed by atoms with Gasteiger partial charge in [0.05, 0.1) is 0 Å². The lowest BCUT2D eigenvalue weighted by atomic mass is 10.1. The van der Waals surface area contributed by atoms with E-state index in [0.29, 0.717) is 0 Å². The monoisotopic (exact) mass is 158 g/mol. The standard InChI is InChI=1S/C5H8O4.Mg.2H/c1-2-3(4(6)7)5(8)9;;;/h3H,2H2,1H3,(H,6,7)(H,8,9);;;. The van der Waals surface area contributed by atoms with Crippen LogP contribution < -0.4 is 0 Å². The molecule has 0 aromatic rings. The van der Waals surface area contributed by atoms with Crippen LogP contribution >= 0.6 is 0 Å². The van der Waals surface area contributed by atoms with Gasteiger partial charge in [0.25, 0.3) is 0 Å². The van der Waals surface area contributed by atoms with Crippen LogP contribution in [0.25, 0.3) is 0 Å². The summed E-state index contributed by atoms with van der Waals surface area (Å²) >= 11 is 0. The fraction of sp³-hybridized carbons (Fsp3) is 0.600. The molecule has 0 heterocycles. The van der Waals surface area contributed by atoms with Gasteiger partial charge in [-0.2, -0.15) is 0 Å². The third kappa shape index (κ3) is 3.68. The Morgan fingerprint density at radius 1 is 1.30 bits per heavy atom. The van der Waals surface area contributed by atoms with Gasteiger partial charge in [0.15, 0.2) is 5.92 Å². The largest absolute Gasteiger partial charge is 0.481 e. The van der Waals surface area contributed by atoms with Crippen LogP contribution in [0.3, 0.4) is 0 Å². The molecule has 0 radical (unpaired) electrons. The molecule has 0 fully saturated rings. The zero-order valence-corrected chi connectivity index (χ0v) is 5.00. The van der Waals surface area contributed by atoms with E-state index in [2.05, 4.69) is 0 Å². The Hall–Kier alpha value is -0.294. The van der Waals surface area contributed by atoms with E-state index in [4.69, 9.17) is 10.2 Å². The van der Waals surface area contributed by atoms with E-state index >= 15 is 0 Å². The average Bonchev–Trinajstić information content (AvgIpc) is 1.64. The molecule has 4 nitrogen and oxygen atoms in total. The second-order valence-corrected chi connectivity index (χ2v) is 1.64. The first-order valence-corrected chi connectivity index (χ1v) is 2.55. The topological polar surface area (TPSA) is 74.6 Å². The molecule has 2 N–H and O–H groups in total. The van der Waals surface area contributed by atoms with Crippen LogP contribution in [0.5, 0.6) is 0 Å². The molecule has 0 aliphatic heterocycles. The van der Waals surface area contributed by atoms with E-state index in [1.165, 1.54) is 6.92 Å². The Morgan fingerprint density at radius 2 is 1.60 bits per heavy atom. The van der Waals surface area contributed by atoms with Gasteiger partial charge in [-0.05, 0) is 6.42 Å². The van der Waals surface area contributed by atoms with E-state index in [1.807, 2.05) is 0 Å². The first-order chi connectivity index (χ1) is 4.09. The molecule has 0 aliphatic rings. The summed E-state index contributed by atoms with van der Waals surface area (Å²) in [5.74, 6) is -3.79. The Kier molecular flexibility index (Phi) is 6.80. The van der Waals surface area contributed by atoms with Crippen molar-refractivity contribution in [1.29, 1.82) is 0 Å². The van der Waals surface area contributed by atoms with Crippen LogP contribution in [0.4, 0.5) is 0 Å². The highest BCUT2D eigenvalue weighted by Crippen LogP contribution is 2.00. The van der Waals surface area contributed by atoms with Gasteiger partial charge < -0.3 is 10.2 Å². The summed E-state index contributed by atoms with van der Waals surface area (Å²) in [6.07, 6.45) is 0.130. The normalized spacial score (nSPS) is 8.60. The van der Waals surface area contributed by atoms with Crippen LogP contribution in [-0.4, -0.2) is 45.2 Å². The fourth-order valence-corrected chi connectivity index (χ4v) is 0.455. The Balaban J connectivity index is 0. The molecule has 0 saturated carbocycles. The van der Waals surface area contributed by atoms with Crippen molar-refractivity contribution in [3.63, 3.8) is 0 Å². The minimum Gasteiger partial charge on any atom is -0.481 e. The SMILES string of the molecule is CCC(C(=O)O)C(=O)O.[MgH2]. The van der Waals surface area contributed by atoms with Crippen molar-refractivity contribution in [2.45, 2.75) is 13.3 Å². The van der Waals surface area contributed by atoms with Crippen LogP contribution in [0.2, 0.25) is 0 Å². The number of rotatable bonds is 3. The molecular weight excluding hydrogens is 148 g/mol. The number of carboxylic acid groups (broad SMARTS) is 2. The van der Waals surface area contributed by atoms with E-state index < -0.39 is 17.9 Å². The molecule has 0 spiro atoms. The predicted octanol–water partition coefficient (Wildman–Crippen LogP) is -0.734. The van der Waals surface area contributed by atoms with Crippen molar-refractivity contribution in [1.82, 2.24) is 0 Å². The van der Waals surface area contributed by atoms with Gasteiger partial charge in [-0.25, -0.2) is 0 Å². The summed E-state index contributed by atoms with van der Waals surface area (Å²) in [6.45, 7) is 1.52. The highest BCUT2D eigenvalue weighted by atomic mass is 24.3. The smallest absolute Gasteiger partial charge is 0.317 e. The first kappa shape index (κ1) is 12.4. The lowest BCUT2D eigenvalue weighted by molar-refractivity contribution is -0.154. The third-order valence-electron chi connectivity index (χ3n) is 1.00. The maximum atomic E-state index is 9.99. The quantitative estimate of drug-likeness (QED) is 0.419. The number of aliphatic carboxylic acids is 2. The lowest BCUT2D eigenvalue weighted by Gasteiger charge is -2.00. The summed E-state index contributed by atoms with van der Waals surface area (Å²) in [5, 5.41) is 16.3. The summed E-state index contributed by atoms with van der Waals surface area (Å²) in [4.78, 5) is 20.0. The van der Waals surface area contributed by atoms with Crippen molar-refractivity contribution in [2.75, 3.05) is 0 Å². The Bertz CT molecular complexity index is 120. The molecule has 0 bridgehead atoms. The van der Waals surface area contributed by atoms with E-state index in [9.17, 15) is 9.59 Å². The van der Waals surface area contributed by atoms with Gasteiger partial charge >= 0.3 is 35.0 Å². The van der Waals surface area contributed by atoms with E-state index in [1.54, 1.807) is 0 Å². The lowest BCUT2D eigenvalue weighted by Crippen LogP contribution is -2.21. The molecule has 10 heavy (non-hydrogen) atoms. The molecule has 0 saturated heterocycles. The van der Waals surface area contributed by atoms with Gasteiger partial charge in [-0.3, -0.25) is 9.59 Å². The van der Waals surface area contributed by atoms with E-state index in [0.717, 1.165) is 0 Å². The summed E-state index contributed by atoms with van der Waals surface area (Å²) in [5.41, 5.74) is 0. The summed E-state index contributed by atoms with van der Waals surface area (Å²) < 4.78 is 0. The van der Waals surface area contributed by atoms with Gasteiger partial charge in [0, 0.05) is 0 Å². The minimum atomic E-state index is -1.27. The molecule has 0 atom stereocenters. The summed E-state index contributed by atoms with van der Waals surface area (Å²) in [6, 6.07) is 0. The molecule has 0 amide bonds. The number of carbonyl (C=O) groups is 2. The van der Waals surface area contributed by atoms with E-state index in [-0.39, 0.29) is 29.5 Å². The van der Waals surface area contributed by atoms with Crippen LogP contribution in [0, 0.1) is 5.92 Å².